The van der Waals surface area contributed by atoms with E-state index in [0.717, 1.165) is 47.7 Å². The molecule has 0 aliphatic carbocycles. The van der Waals surface area contributed by atoms with Crippen LogP contribution in [0.1, 0.15) is 46.2 Å². The summed E-state index contributed by atoms with van der Waals surface area (Å²) < 4.78 is 10.8. The zero-order valence-corrected chi connectivity index (χ0v) is 18.6. The van der Waals surface area contributed by atoms with Gasteiger partial charge in [0.2, 0.25) is 0 Å². The molecule has 168 valence electrons. The Hall–Kier alpha value is -3.10. The van der Waals surface area contributed by atoms with E-state index in [1.165, 1.54) is 0 Å². The Kier molecular flexibility index (Phi) is 7.24. The molecule has 3 aromatic rings. The highest BCUT2D eigenvalue weighted by atomic mass is 16.5. The van der Waals surface area contributed by atoms with Gasteiger partial charge in [0.05, 0.1) is 43.0 Å². The van der Waals surface area contributed by atoms with Crippen molar-refractivity contribution in [3.8, 4) is 11.3 Å². The maximum absolute atomic E-state index is 13.4. The zero-order chi connectivity index (χ0) is 22.3. The molecule has 1 aromatic carbocycles. The Bertz CT molecular complexity index is 1040. The molecule has 8 heteroatoms. The lowest BCUT2D eigenvalue weighted by molar-refractivity contribution is 0.0602. The predicted molar refractivity (Wildman–Crippen MR) is 120 cm³/mol. The molecule has 3 heterocycles. The van der Waals surface area contributed by atoms with Crippen LogP contribution in [0.5, 0.6) is 0 Å². The van der Waals surface area contributed by atoms with Crippen molar-refractivity contribution in [1.82, 2.24) is 25.1 Å². The summed E-state index contributed by atoms with van der Waals surface area (Å²) >= 11 is 0. The molecule has 0 saturated carbocycles. The summed E-state index contributed by atoms with van der Waals surface area (Å²) in [4.78, 5) is 24.4. The third-order valence-electron chi connectivity index (χ3n) is 5.74. The molecule has 4 rings (SSSR count). The number of nitrogens with one attached hydrogen (secondary N) is 1. The summed E-state index contributed by atoms with van der Waals surface area (Å²) in [5.41, 5.74) is 4.24. The summed E-state index contributed by atoms with van der Waals surface area (Å²) in [6, 6.07) is 9.81. The number of H-pyrrole nitrogens is 1. The van der Waals surface area contributed by atoms with E-state index in [9.17, 15) is 4.79 Å². The van der Waals surface area contributed by atoms with Crippen LogP contribution in [-0.4, -0.2) is 64.4 Å². The number of carbonyl (C=O) groups is 1. The third-order valence-corrected chi connectivity index (χ3v) is 5.74. The highest BCUT2D eigenvalue weighted by Crippen LogP contribution is 2.30. The number of likely N-dealkylation sites (tertiary alicyclic amines) is 1. The van der Waals surface area contributed by atoms with E-state index in [1.54, 1.807) is 13.3 Å². The minimum atomic E-state index is -0.00836. The number of aromatic amines is 1. The van der Waals surface area contributed by atoms with Crippen molar-refractivity contribution in [1.29, 1.82) is 0 Å². The smallest absolute Gasteiger partial charge is 0.257 e. The van der Waals surface area contributed by atoms with Crippen molar-refractivity contribution in [2.24, 2.45) is 0 Å². The molecular weight excluding hydrogens is 406 g/mol. The van der Waals surface area contributed by atoms with Crippen LogP contribution in [0.25, 0.3) is 11.3 Å². The molecular formula is C24H29N5O3. The van der Waals surface area contributed by atoms with Crippen LogP contribution in [0.4, 0.5) is 0 Å². The van der Waals surface area contributed by atoms with Gasteiger partial charge in [-0.1, -0.05) is 30.3 Å². The largest absolute Gasteiger partial charge is 0.382 e. The average Bonchev–Trinajstić information content (AvgIpc) is 3.33. The topological polar surface area (TPSA) is 93.2 Å². The summed E-state index contributed by atoms with van der Waals surface area (Å²) in [7, 11) is 1.65. The number of rotatable bonds is 8. The van der Waals surface area contributed by atoms with E-state index < -0.39 is 0 Å². The number of carbonyl (C=O) groups excluding carboxylic acids is 1. The lowest BCUT2D eigenvalue weighted by atomic mass is 9.91. The molecule has 1 aliphatic heterocycles. The number of hydrogen-bond donors (Lipinski definition) is 1. The van der Waals surface area contributed by atoms with E-state index in [0.29, 0.717) is 31.9 Å². The van der Waals surface area contributed by atoms with E-state index in [2.05, 4.69) is 15.2 Å². The molecule has 1 fully saturated rings. The Morgan fingerprint density at radius 1 is 1.22 bits per heavy atom. The molecule has 1 saturated heterocycles. The fraction of sp³-hybridized carbons (Fsp3) is 0.417. The number of hydrogen-bond acceptors (Lipinski definition) is 6. The van der Waals surface area contributed by atoms with Crippen LogP contribution in [0.3, 0.4) is 0 Å². The van der Waals surface area contributed by atoms with Gasteiger partial charge in [0, 0.05) is 43.4 Å². The van der Waals surface area contributed by atoms with Crippen LogP contribution in [0.2, 0.25) is 0 Å². The van der Waals surface area contributed by atoms with E-state index >= 15 is 0 Å². The van der Waals surface area contributed by atoms with Crippen LogP contribution >= 0.6 is 0 Å². The van der Waals surface area contributed by atoms with Crippen molar-refractivity contribution in [3.05, 3.63) is 65.4 Å². The predicted octanol–water partition coefficient (Wildman–Crippen LogP) is 3.36. The van der Waals surface area contributed by atoms with Gasteiger partial charge in [-0.15, -0.1) is 0 Å². The number of piperidine rings is 1. The first-order valence-electron chi connectivity index (χ1n) is 10.9. The van der Waals surface area contributed by atoms with Crippen LogP contribution in [0, 0.1) is 6.92 Å². The number of amides is 1. The second kappa shape index (κ2) is 10.5. The molecule has 0 spiro atoms. The SMILES string of the molecule is COCCOCc1cnc(C)nc1C1CCCN(C(=O)c2cn[nH]c2-c2ccccc2)C1. The maximum Gasteiger partial charge on any atom is 0.257 e. The third kappa shape index (κ3) is 5.03. The number of ether oxygens (including phenoxy) is 2. The van der Waals surface area contributed by atoms with Gasteiger partial charge in [-0.05, 0) is 19.8 Å². The Balaban J connectivity index is 1.52. The lowest BCUT2D eigenvalue weighted by Crippen LogP contribution is -2.39. The van der Waals surface area contributed by atoms with Crippen molar-refractivity contribution in [3.63, 3.8) is 0 Å². The highest BCUT2D eigenvalue weighted by molar-refractivity contribution is 5.99. The molecule has 8 nitrogen and oxygen atoms in total. The summed E-state index contributed by atoms with van der Waals surface area (Å²) in [6.45, 7) is 4.72. The maximum atomic E-state index is 13.4. The Labute approximate surface area is 188 Å². The second-order valence-corrected chi connectivity index (χ2v) is 7.99. The molecule has 0 radical (unpaired) electrons. The molecule has 0 bridgehead atoms. The first-order valence-corrected chi connectivity index (χ1v) is 10.9. The molecule has 1 unspecified atom stereocenters. The quantitative estimate of drug-likeness (QED) is 0.546. The van der Waals surface area contributed by atoms with Crippen molar-refractivity contribution in [2.75, 3.05) is 33.4 Å². The summed E-state index contributed by atoms with van der Waals surface area (Å²) in [5, 5.41) is 7.14. The minimum Gasteiger partial charge on any atom is -0.382 e. The van der Waals surface area contributed by atoms with Crippen molar-refractivity contribution in [2.45, 2.75) is 32.3 Å². The van der Waals surface area contributed by atoms with Gasteiger partial charge >= 0.3 is 0 Å². The van der Waals surface area contributed by atoms with E-state index in [4.69, 9.17) is 14.5 Å². The number of methoxy groups -OCH3 is 1. The first kappa shape index (κ1) is 22.1. The Morgan fingerprint density at radius 3 is 2.88 bits per heavy atom. The average molecular weight is 436 g/mol. The lowest BCUT2D eigenvalue weighted by Gasteiger charge is -2.33. The van der Waals surface area contributed by atoms with E-state index in [-0.39, 0.29) is 11.8 Å². The van der Waals surface area contributed by atoms with Crippen LogP contribution in [0.15, 0.2) is 42.7 Å². The van der Waals surface area contributed by atoms with E-state index in [1.807, 2.05) is 48.4 Å². The second-order valence-electron chi connectivity index (χ2n) is 7.99. The summed E-state index contributed by atoms with van der Waals surface area (Å²) in [5.74, 6) is 0.860. The molecule has 1 atom stereocenters. The van der Waals surface area contributed by atoms with Crippen LogP contribution in [-0.2, 0) is 16.1 Å². The number of aryl methyl sites for hydroxylation is 1. The molecule has 32 heavy (non-hydrogen) atoms. The van der Waals surface area contributed by atoms with Gasteiger partial charge < -0.3 is 14.4 Å². The van der Waals surface area contributed by atoms with Gasteiger partial charge in [-0.3, -0.25) is 9.89 Å². The Morgan fingerprint density at radius 2 is 2.06 bits per heavy atom. The van der Waals surface area contributed by atoms with Gasteiger partial charge in [-0.25, -0.2) is 9.97 Å². The first-order chi connectivity index (χ1) is 15.7. The minimum absolute atomic E-state index is 0.00836. The zero-order valence-electron chi connectivity index (χ0n) is 18.6. The van der Waals surface area contributed by atoms with Gasteiger partial charge in [0.25, 0.3) is 5.91 Å². The molecule has 1 amide bonds. The van der Waals surface area contributed by atoms with Gasteiger partial charge in [-0.2, -0.15) is 5.10 Å². The molecule has 1 aliphatic rings. The number of benzene rings is 1. The van der Waals surface area contributed by atoms with Crippen molar-refractivity contribution >= 4 is 5.91 Å². The number of aromatic nitrogens is 4. The summed E-state index contributed by atoms with van der Waals surface area (Å²) in [6.07, 6.45) is 5.36. The highest BCUT2D eigenvalue weighted by Gasteiger charge is 2.30. The number of nitrogens with zero attached hydrogens (tertiary/aromatic N) is 4. The normalized spacial score (nSPS) is 16.3. The monoisotopic (exact) mass is 435 g/mol. The fourth-order valence-corrected chi connectivity index (χ4v) is 4.13. The molecule has 2 aromatic heterocycles. The van der Waals surface area contributed by atoms with Gasteiger partial charge in [0.15, 0.2) is 0 Å². The van der Waals surface area contributed by atoms with Crippen molar-refractivity contribution < 1.29 is 14.3 Å². The fourth-order valence-electron chi connectivity index (χ4n) is 4.13. The molecule has 1 N–H and O–H groups in total. The van der Waals surface area contributed by atoms with Crippen LogP contribution < -0.4 is 0 Å². The van der Waals surface area contributed by atoms with Gasteiger partial charge in [0.1, 0.15) is 5.82 Å². The standard InChI is InChI=1S/C24H29N5O3/c1-17-25-13-20(16-32-12-11-31-2)22(27-17)19-9-6-10-29(15-19)24(30)21-14-26-28-23(21)18-7-4-3-5-8-18/h3-5,7-8,13-14,19H,6,9-12,15-16H2,1-2H3,(H,26,28).